The van der Waals surface area contributed by atoms with Gasteiger partial charge in [0, 0.05) is 6.54 Å². The van der Waals surface area contributed by atoms with Crippen molar-refractivity contribution in [3.8, 4) is 0 Å². The molecule has 17 heavy (non-hydrogen) atoms. The average Bonchev–Trinajstić information content (AvgIpc) is 2.31. The van der Waals surface area contributed by atoms with Crippen LogP contribution in [0.5, 0.6) is 0 Å². The van der Waals surface area contributed by atoms with Crippen molar-refractivity contribution in [2.24, 2.45) is 5.92 Å². The maximum Gasteiger partial charge on any atom is 0.240 e. The SMILES string of the molecule is CCN(C(=O)C(S)C(C)C)c1ccccc1F. The molecule has 1 aromatic carbocycles. The third-order valence-corrected chi connectivity index (χ3v) is 3.43. The van der Waals surface area contributed by atoms with Crippen LogP contribution in [0.2, 0.25) is 0 Å². The third-order valence-electron chi connectivity index (χ3n) is 2.61. The Morgan fingerprint density at radius 1 is 1.41 bits per heavy atom. The van der Waals surface area contributed by atoms with Crippen LogP contribution in [0.4, 0.5) is 10.1 Å². The number of halogens is 1. The van der Waals surface area contributed by atoms with Crippen LogP contribution >= 0.6 is 12.6 Å². The first-order chi connectivity index (χ1) is 7.99. The fourth-order valence-corrected chi connectivity index (χ4v) is 1.70. The number of nitrogens with zero attached hydrogens (tertiary/aromatic N) is 1. The van der Waals surface area contributed by atoms with Gasteiger partial charge in [0.2, 0.25) is 5.91 Å². The molecular weight excluding hydrogens is 237 g/mol. The molecule has 1 rings (SSSR count). The molecule has 0 heterocycles. The van der Waals surface area contributed by atoms with Crippen LogP contribution in [-0.4, -0.2) is 17.7 Å². The van der Waals surface area contributed by atoms with Gasteiger partial charge in [-0.05, 0) is 25.0 Å². The second-order valence-corrected chi connectivity index (χ2v) is 4.78. The molecule has 0 aliphatic rings. The zero-order valence-corrected chi connectivity index (χ0v) is 11.2. The van der Waals surface area contributed by atoms with Crippen LogP contribution < -0.4 is 4.90 Å². The highest BCUT2D eigenvalue weighted by Crippen LogP contribution is 2.22. The molecule has 1 aromatic rings. The highest BCUT2D eigenvalue weighted by atomic mass is 32.1. The molecule has 1 amide bonds. The normalized spacial score (nSPS) is 12.6. The number of para-hydroxylation sites is 1. The number of carbonyl (C=O) groups excluding carboxylic acids is 1. The Morgan fingerprint density at radius 3 is 2.47 bits per heavy atom. The van der Waals surface area contributed by atoms with E-state index in [2.05, 4.69) is 12.6 Å². The van der Waals surface area contributed by atoms with E-state index in [1.165, 1.54) is 11.0 Å². The Labute approximate surface area is 107 Å². The summed E-state index contributed by atoms with van der Waals surface area (Å²) in [4.78, 5) is 13.6. The lowest BCUT2D eigenvalue weighted by atomic mass is 10.1. The smallest absolute Gasteiger partial charge is 0.240 e. The molecule has 0 radical (unpaired) electrons. The van der Waals surface area contributed by atoms with Crippen LogP contribution in [0.25, 0.3) is 0 Å². The molecule has 0 aromatic heterocycles. The predicted octanol–water partition coefficient (Wildman–Crippen LogP) is 3.13. The molecule has 94 valence electrons. The van der Waals surface area contributed by atoms with Gasteiger partial charge in [0.25, 0.3) is 0 Å². The van der Waals surface area contributed by atoms with Crippen LogP contribution in [0.15, 0.2) is 24.3 Å². The maximum atomic E-state index is 13.6. The first-order valence-electron chi connectivity index (χ1n) is 5.73. The second kappa shape index (κ2) is 6.05. The standard InChI is InChI=1S/C13H18FNOS/c1-4-15(13(16)12(17)9(2)3)11-8-6-5-7-10(11)14/h5-9,12,17H,4H2,1-3H3. The van der Waals surface area contributed by atoms with E-state index < -0.39 is 5.25 Å². The molecule has 1 unspecified atom stereocenters. The number of carbonyl (C=O) groups is 1. The van der Waals surface area contributed by atoms with E-state index in [9.17, 15) is 9.18 Å². The Hall–Kier alpha value is -1.03. The van der Waals surface area contributed by atoms with Gasteiger partial charge in [-0.1, -0.05) is 26.0 Å². The van der Waals surface area contributed by atoms with Gasteiger partial charge in [0.05, 0.1) is 10.9 Å². The summed E-state index contributed by atoms with van der Waals surface area (Å²) in [6.45, 7) is 6.10. The molecule has 0 bridgehead atoms. The van der Waals surface area contributed by atoms with Gasteiger partial charge in [0.15, 0.2) is 0 Å². The molecule has 0 fully saturated rings. The van der Waals surface area contributed by atoms with Crippen LogP contribution in [0.3, 0.4) is 0 Å². The molecule has 0 aliphatic heterocycles. The summed E-state index contributed by atoms with van der Waals surface area (Å²) in [5.41, 5.74) is 0.319. The lowest BCUT2D eigenvalue weighted by Gasteiger charge is -2.26. The van der Waals surface area contributed by atoms with Gasteiger partial charge in [-0.25, -0.2) is 4.39 Å². The number of thiol groups is 1. The number of benzene rings is 1. The van der Waals surface area contributed by atoms with E-state index in [0.29, 0.717) is 12.2 Å². The summed E-state index contributed by atoms with van der Waals surface area (Å²) in [7, 11) is 0. The summed E-state index contributed by atoms with van der Waals surface area (Å²) in [6, 6.07) is 6.29. The van der Waals surface area contributed by atoms with E-state index >= 15 is 0 Å². The summed E-state index contributed by atoms with van der Waals surface area (Å²) < 4.78 is 13.6. The number of anilines is 1. The van der Waals surface area contributed by atoms with E-state index in [-0.39, 0.29) is 17.6 Å². The summed E-state index contributed by atoms with van der Waals surface area (Å²) >= 11 is 4.28. The number of hydrogen-bond donors (Lipinski definition) is 1. The monoisotopic (exact) mass is 255 g/mol. The maximum absolute atomic E-state index is 13.6. The van der Waals surface area contributed by atoms with Crippen molar-refractivity contribution in [3.05, 3.63) is 30.1 Å². The van der Waals surface area contributed by atoms with Crippen LogP contribution in [0, 0.1) is 11.7 Å². The van der Waals surface area contributed by atoms with E-state index in [4.69, 9.17) is 0 Å². The van der Waals surface area contributed by atoms with Gasteiger partial charge in [-0.15, -0.1) is 0 Å². The van der Waals surface area contributed by atoms with Crippen molar-refractivity contribution in [3.63, 3.8) is 0 Å². The molecule has 0 spiro atoms. The van der Waals surface area contributed by atoms with Crippen molar-refractivity contribution in [2.75, 3.05) is 11.4 Å². The Kier molecular flexibility index (Phi) is 5.00. The fraction of sp³-hybridized carbons (Fsp3) is 0.462. The van der Waals surface area contributed by atoms with Gasteiger partial charge in [0.1, 0.15) is 5.82 Å². The molecule has 1 atom stereocenters. The quantitative estimate of drug-likeness (QED) is 0.820. The van der Waals surface area contributed by atoms with Crippen LogP contribution in [-0.2, 0) is 4.79 Å². The largest absolute Gasteiger partial charge is 0.309 e. The highest BCUT2D eigenvalue weighted by Gasteiger charge is 2.25. The number of hydrogen-bond acceptors (Lipinski definition) is 2. The lowest BCUT2D eigenvalue weighted by molar-refractivity contribution is -0.118. The minimum absolute atomic E-state index is 0.117. The zero-order chi connectivity index (χ0) is 13.0. The van der Waals surface area contributed by atoms with Crippen molar-refractivity contribution in [2.45, 2.75) is 26.0 Å². The first kappa shape index (κ1) is 14.0. The van der Waals surface area contributed by atoms with Crippen molar-refractivity contribution in [1.82, 2.24) is 0 Å². The van der Waals surface area contributed by atoms with Gasteiger partial charge in [-0.2, -0.15) is 12.6 Å². The minimum Gasteiger partial charge on any atom is -0.309 e. The fourth-order valence-electron chi connectivity index (χ4n) is 1.56. The van der Waals surface area contributed by atoms with Gasteiger partial charge in [-0.3, -0.25) is 4.79 Å². The molecule has 2 nitrogen and oxygen atoms in total. The van der Waals surface area contributed by atoms with Gasteiger partial charge < -0.3 is 4.90 Å². The Bertz CT molecular complexity index is 395. The molecular formula is C13H18FNOS. The van der Waals surface area contributed by atoms with E-state index in [1.807, 2.05) is 20.8 Å². The second-order valence-electron chi connectivity index (χ2n) is 4.22. The number of amides is 1. The average molecular weight is 255 g/mol. The molecule has 4 heteroatoms. The van der Waals surface area contributed by atoms with Crippen LogP contribution in [0.1, 0.15) is 20.8 Å². The predicted molar refractivity (Wildman–Crippen MR) is 72.0 cm³/mol. The summed E-state index contributed by atoms with van der Waals surface area (Å²) in [6.07, 6.45) is 0. The van der Waals surface area contributed by atoms with Crippen molar-refractivity contribution < 1.29 is 9.18 Å². The van der Waals surface area contributed by atoms with Gasteiger partial charge >= 0.3 is 0 Å². The third kappa shape index (κ3) is 3.22. The van der Waals surface area contributed by atoms with E-state index in [0.717, 1.165) is 0 Å². The van der Waals surface area contributed by atoms with Crippen molar-refractivity contribution in [1.29, 1.82) is 0 Å². The summed E-state index contributed by atoms with van der Waals surface area (Å²) in [5, 5.41) is -0.408. The minimum atomic E-state index is -0.408. The van der Waals surface area contributed by atoms with Crippen molar-refractivity contribution >= 4 is 24.2 Å². The Morgan fingerprint density at radius 2 is 2.00 bits per heavy atom. The number of rotatable bonds is 4. The summed E-state index contributed by atoms with van der Waals surface area (Å²) in [5.74, 6) is -0.422. The topological polar surface area (TPSA) is 20.3 Å². The lowest BCUT2D eigenvalue weighted by Crippen LogP contribution is -2.39. The highest BCUT2D eigenvalue weighted by molar-refractivity contribution is 7.81. The molecule has 0 N–H and O–H groups in total. The molecule has 0 saturated carbocycles. The first-order valence-corrected chi connectivity index (χ1v) is 6.24. The zero-order valence-electron chi connectivity index (χ0n) is 10.4. The Balaban J connectivity index is 3.00. The molecule has 0 aliphatic carbocycles. The van der Waals surface area contributed by atoms with E-state index in [1.54, 1.807) is 18.2 Å². The molecule has 0 saturated heterocycles.